The lowest BCUT2D eigenvalue weighted by Crippen LogP contribution is -2.52. The lowest BCUT2D eigenvalue weighted by Gasteiger charge is -2.37. The molecule has 1 aliphatic heterocycles. The Hall–Kier alpha value is -2.21. The van der Waals surface area contributed by atoms with E-state index in [0.717, 1.165) is 24.8 Å². The van der Waals surface area contributed by atoms with Crippen molar-refractivity contribution in [2.24, 2.45) is 0 Å². The second kappa shape index (κ2) is 6.02. The molecule has 2 aromatic rings. The van der Waals surface area contributed by atoms with Crippen molar-refractivity contribution in [3.63, 3.8) is 0 Å². The minimum atomic E-state index is -0.159. The average Bonchev–Trinajstić information content (AvgIpc) is 3.06. The summed E-state index contributed by atoms with van der Waals surface area (Å²) in [5, 5.41) is 0.561. The lowest BCUT2D eigenvalue weighted by atomic mass is 10.1. The molecule has 6 nitrogen and oxygen atoms in total. The summed E-state index contributed by atoms with van der Waals surface area (Å²) in [6, 6.07) is 5.70. The van der Waals surface area contributed by atoms with Crippen LogP contribution in [-0.4, -0.2) is 45.7 Å². The number of hydrogen-bond donors (Lipinski definition) is 0. The van der Waals surface area contributed by atoms with E-state index in [1.807, 2.05) is 24.0 Å². The first-order valence-electron chi connectivity index (χ1n) is 8.51. The largest absolute Gasteiger partial charge is 0.374 e. The number of aromatic nitrogens is 2. The average molecular weight is 327 g/mol. The van der Waals surface area contributed by atoms with E-state index >= 15 is 0 Å². The Balaban J connectivity index is 1.61. The van der Waals surface area contributed by atoms with Gasteiger partial charge in [-0.15, -0.1) is 0 Å². The minimum Gasteiger partial charge on any atom is -0.374 e. The molecule has 24 heavy (non-hydrogen) atoms. The Labute approximate surface area is 140 Å². The molecule has 1 aliphatic carbocycles. The van der Waals surface area contributed by atoms with Crippen LogP contribution in [0.15, 0.2) is 29.3 Å². The summed E-state index contributed by atoms with van der Waals surface area (Å²) in [5.74, 6) is -0.0221. The highest BCUT2D eigenvalue weighted by atomic mass is 16.5. The molecule has 0 N–H and O–H groups in total. The zero-order valence-electron chi connectivity index (χ0n) is 13.8. The van der Waals surface area contributed by atoms with Crippen molar-refractivity contribution < 1.29 is 9.53 Å². The molecule has 2 heterocycles. The van der Waals surface area contributed by atoms with Crippen LogP contribution in [0.25, 0.3) is 10.9 Å². The third kappa shape index (κ3) is 2.51. The molecule has 2 aliphatic rings. The van der Waals surface area contributed by atoms with Gasteiger partial charge in [0.15, 0.2) is 0 Å². The molecule has 0 bridgehead atoms. The van der Waals surface area contributed by atoms with E-state index in [-0.39, 0.29) is 30.2 Å². The molecule has 0 radical (unpaired) electrons. The third-order valence-electron chi connectivity index (χ3n) is 5.16. The number of hydrogen-bond acceptors (Lipinski definition) is 4. The van der Waals surface area contributed by atoms with Crippen molar-refractivity contribution in [2.45, 2.75) is 44.9 Å². The summed E-state index contributed by atoms with van der Waals surface area (Å²) in [7, 11) is 0. The van der Waals surface area contributed by atoms with Crippen molar-refractivity contribution >= 4 is 16.8 Å². The number of nitrogens with zero attached hydrogens (tertiary/aromatic N) is 3. The van der Waals surface area contributed by atoms with Gasteiger partial charge in [-0.1, -0.05) is 12.1 Å². The molecule has 1 saturated heterocycles. The summed E-state index contributed by atoms with van der Waals surface area (Å²) in [6.45, 7) is 3.16. The van der Waals surface area contributed by atoms with Crippen LogP contribution < -0.4 is 5.56 Å². The van der Waals surface area contributed by atoms with Gasteiger partial charge in [-0.2, -0.15) is 0 Å². The third-order valence-corrected chi connectivity index (χ3v) is 5.16. The Morgan fingerprint density at radius 3 is 3.12 bits per heavy atom. The second-order valence-corrected chi connectivity index (χ2v) is 6.64. The van der Waals surface area contributed by atoms with Crippen molar-refractivity contribution in [3.8, 4) is 0 Å². The molecule has 1 amide bonds. The fraction of sp³-hybridized carbons (Fsp3) is 0.500. The lowest BCUT2D eigenvalue weighted by molar-refractivity contribution is -0.144. The molecule has 0 unspecified atom stereocenters. The first-order chi connectivity index (χ1) is 11.6. The number of ether oxygens (including phenoxy) is 1. The SMILES string of the molecule is Cc1cccc2c(=O)n(CC(=O)N3CCO[C@@H]4CCC[C@@H]43)cnc12. The number of carbonyl (C=O) groups excluding carboxylic acids is 1. The first kappa shape index (κ1) is 15.3. The number of carbonyl (C=O) groups is 1. The van der Waals surface area contributed by atoms with E-state index in [4.69, 9.17) is 4.74 Å². The van der Waals surface area contributed by atoms with Gasteiger partial charge in [-0.25, -0.2) is 4.98 Å². The maximum atomic E-state index is 12.7. The number of amides is 1. The first-order valence-corrected chi connectivity index (χ1v) is 8.51. The van der Waals surface area contributed by atoms with Gasteiger partial charge in [0.25, 0.3) is 5.56 Å². The number of aryl methyl sites for hydroxylation is 1. The predicted molar refractivity (Wildman–Crippen MR) is 89.8 cm³/mol. The Morgan fingerprint density at radius 2 is 2.25 bits per heavy atom. The molecule has 4 rings (SSSR count). The van der Waals surface area contributed by atoms with Gasteiger partial charge in [-0.05, 0) is 37.8 Å². The highest BCUT2D eigenvalue weighted by Crippen LogP contribution is 2.29. The van der Waals surface area contributed by atoms with Crippen LogP contribution in [0.2, 0.25) is 0 Å². The van der Waals surface area contributed by atoms with E-state index in [0.29, 0.717) is 24.1 Å². The number of rotatable bonds is 2. The molecule has 2 fully saturated rings. The van der Waals surface area contributed by atoms with Crippen LogP contribution in [0, 0.1) is 6.92 Å². The van der Waals surface area contributed by atoms with Crippen molar-refractivity contribution in [1.29, 1.82) is 0 Å². The number of morpholine rings is 1. The summed E-state index contributed by atoms with van der Waals surface area (Å²) < 4.78 is 7.17. The van der Waals surface area contributed by atoms with Crippen molar-refractivity contribution in [1.82, 2.24) is 14.5 Å². The van der Waals surface area contributed by atoms with E-state index in [9.17, 15) is 9.59 Å². The highest BCUT2D eigenvalue weighted by Gasteiger charge is 2.38. The topological polar surface area (TPSA) is 64.4 Å². The maximum absolute atomic E-state index is 12.7. The van der Waals surface area contributed by atoms with Gasteiger partial charge < -0.3 is 9.64 Å². The van der Waals surface area contributed by atoms with E-state index in [1.165, 1.54) is 10.9 Å². The monoisotopic (exact) mass is 327 g/mol. The van der Waals surface area contributed by atoms with Crippen LogP contribution in [-0.2, 0) is 16.1 Å². The van der Waals surface area contributed by atoms with Crippen molar-refractivity contribution in [3.05, 3.63) is 40.4 Å². The number of fused-ring (bicyclic) bond motifs is 2. The van der Waals surface area contributed by atoms with Gasteiger partial charge in [-0.3, -0.25) is 14.2 Å². The van der Waals surface area contributed by atoms with Crippen LogP contribution in [0.5, 0.6) is 0 Å². The fourth-order valence-corrected chi connectivity index (χ4v) is 3.92. The second-order valence-electron chi connectivity index (χ2n) is 6.64. The summed E-state index contributed by atoms with van der Waals surface area (Å²) >= 11 is 0. The molecule has 6 heteroatoms. The van der Waals surface area contributed by atoms with E-state index in [2.05, 4.69) is 4.98 Å². The fourth-order valence-electron chi connectivity index (χ4n) is 3.92. The minimum absolute atomic E-state index is 0.0221. The molecule has 1 aromatic heterocycles. The highest BCUT2D eigenvalue weighted by molar-refractivity contribution is 5.81. The van der Waals surface area contributed by atoms with Crippen LogP contribution in [0.3, 0.4) is 0 Å². The molecule has 1 saturated carbocycles. The quantitative estimate of drug-likeness (QED) is 0.838. The van der Waals surface area contributed by atoms with Crippen molar-refractivity contribution in [2.75, 3.05) is 13.2 Å². The van der Waals surface area contributed by atoms with Crippen LogP contribution in [0.1, 0.15) is 24.8 Å². The van der Waals surface area contributed by atoms with Crippen LogP contribution >= 0.6 is 0 Å². The summed E-state index contributed by atoms with van der Waals surface area (Å²) in [6.07, 6.45) is 4.75. The molecule has 0 spiro atoms. The van der Waals surface area contributed by atoms with Gasteiger partial charge in [0, 0.05) is 6.54 Å². The van der Waals surface area contributed by atoms with Gasteiger partial charge in [0.2, 0.25) is 5.91 Å². The number of para-hydroxylation sites is 1. The normalized spacial score (nSPS) is 23.5. The summed E-state index contributed by atoms with van der Waals surface area (Å²) in [5.41, 5.74) is 1.51. The Kier molecular flexibility index (Phi) is 3.84. The van der Waals surface area contributed by atoms with Gasteiger partial charge >= 0.3 is 0 Å². The smallest absolute Gasteiger partial charge is 0.261 e. The van der Waals surface area contributed by atoms with Gasteiger partial charge in [0.1, 0.15) is 6.54 Å². The standard InChI is InChI=1S/C18H21N3O3/c1-12-4-2-5-13-17(12)19-11-20(18(13)23)10-16(22)21-8-9-24-15-7-3-6-14(15)21/h2,4-5,11,14-15H,3,6-10H2,1H3/t14-,15+/m0/s1. The Morgan fingerprint density at radius 1 is 1.38 bits per heavy atom. The van der Waals surface area contributed by atoms with Crippen LogP contribution in [0.4, 0.5) is 0 Å². The van der Waals surface area contributed by atoms with E-state index in [1.54, 1.807) is 6.07 Å². The van der Waals surface area contributed by atoms with E-state index < -0.39 is 0 Å². The zero-order valence-corrected chi connectivity index (χ0v) is 13.8. The molecule has 126 valence electrons. The Bertz CT molecular complexity index is 845. The molecule has 2 atom stereocenters. The van der Waals surface area contributed by atoms with Gasteiger partial charge in [0.05, 0.1) is 36.0 Å². The molecule has 1 aromatic carbocycles. The summed E-state index contributed by atoms with van der Waals surface area (Å²) in [4.78, 5) is 31.7. The number of benzene rings is 1. The predicted octanol–water partition coefficient (Wildman–Crippen LogP) is 1.48. The molecular weight excluding hydrogens is 306 g/mol. The zero-order chi connectivity index (χ0) is 16.7. The molecular formula is C18H21N3O3. The maximum Gasteiger partial charge on any atom is 0.261 e.